The van der Waals surface area contributed by atoms with Crippen LogP contribution < -0.4 is 5.73 Å². The highest BCUT2D eigenvalue weighted by Gasteiger charge is 2.30. The van der Waals surface area contributed by atoms with Gasteiger partial charge < -0.3 is 10.8 Å². The zero-order valence-electron chi connectivity index (χ0n) is 17.1. The lowest BCUT2D eigenvalue weighted by atomic mass is 9.80. The Bertz CT molecular complexity index is 1180. The lowest BCUT2D eigenvalue weighted by Crippen LogP contribution is -2.21. The molecule has 3 heterocycles. The van der Waals surface area contributed by atoms with Gasteiger partial charge in [-0.05, 0) is 47.7 Å². The Labute approximate surface area is 188 Å². The molecule has 3 aromatic heterocycles. The van der Waals surface area contributed by atoms with E-state index in [1.165, 1.54) is 0 Å². The summed E-state index contributed by atoms with van der Waals surface area (Å²) < 4.78 is 2.33. The molecule has 3 N–H and O–H groups in total. The standard InChI is InChI=1S/C22H23BrN6O2/c1-12(9-25-2)17-8-7-15(10-26-17)16-11-27-29-20(24)18(23)19(28-21(16)29)13-3-5-14(6-4-13)22(30)31/h7-11,13-14H,1,3-6,24H2,2H3,(H,30,31). The number of hydrogen-bond acceptors (Lipinski definition) is 6. The van der Waals surface area contributed by atoms with Gasteiger partial charge in [-0.1, -0.05) is 12.6 Å². The van der Waals surface area contributed by atoms with E-state index in [4.69, 9.17) is 10.7 Å². The number of rotatable bonds is 5. The molecule has 0 bridgehead atoms. The van der Waals surface area contributed by atoms with E-state index in [0.717, 1.165) is 45.4 Å². The number of carboxylic acids is 1. The van der Waals surface area contributed by atoms with Crippen LogP contribution in [0.25, 0.3) is 22.3 Å². The molecule has 8 nitrogen and oxygen atoms in total. The van der Waals surface area contributed by atoms with Crippen molar-refractivity contribution < 1.29 is 9.90 Å². The van der Waals surface area contributed by atoms with Crippen molar-refractivity contribution in [1.82, 2.24) is 19.6 Å². The van der Waals surface area contributed by atoms with E-state index in [0.29, 0.717) is 24.3 Å². The third-order valence-electron chi connectivity index (χ3n) is 5.80. The van der Waals surface area contributed by atoms with Crippen LogP contribution in [0.5, 0.6) is 0 Å². The van der Waals surface area contributed by atoms with Crippen LogP contribution in [0.1, 0.15) is 43.0 Å². The fourth-order valence-corrected chi connectivity index (χ4v) is 4.65. The van der Waals surface area contributed by atoms with E-state index in [1.54, 1.807) is 30.2 Å². The molecular formula is C22H23BrN6O2. The van der Waals surface area contributed by atoms with E-state index in [9.17, 15) is 9.90 Å². The summed E-state index contributed by atoms with van der Waals surface area (Å²) in [6.07, 6.45) is 7.97. The summed E-state index contributed by atoms with van der Waals surface area (Å²) in [5.41, 5.74) is 11.1. The zero-order chi connectivity index (χ0) is 22.1. The first kappa shape index (κ1) is 21.2. The summed E-state index contributed by atoms with van der Waals surface area (Å²) in [5, 5.41) is 13.7. The smallest absolute Gasteiger partial charge is 0.306 e. The Hall–Kier alpha value is -3.07. The molecule has 0 saturated heterocycles. The molecule has 0 unspecified atom stereocenters. The quantitative estimate of drug-likeness (QED) is 0.525. The average Bonchev–Trinajstić information content (AvgIpc) is 3.20. The van der Waals surface area contributed by atoms with E-state index in [2.05, 4.69) is 37.6 Å². The van der Waals surface area contributed by atoms with Gasteiger partial charge in [0.05, 0.1) is 28.0 Å². The van der Waals surface area contributed by atoms with E-state index < -0.39 is 5.97 Å². The van der Waals surface area contributed by atoms with Gasteiger partial charge in [0.1, 0.15) is 5.82 Å². The molecule has 0 radical (unpaired) electrons. The number of halogens is 1. The summed E-state index contributed by atoms with van der Waals surface area (Å²) in [4.78, 5) is 24.7. The number of nitrogen functional groups attached to an aromatic ring is 1. The number of allylic oxidation sites excluding steroid dienone is 1. The van der Waals surface area contributed by atoms with Gasteiger partial charge in [-0.15, -0.1) is 0 Å². The molecule has 0 aliphatic heterocycles. The van der Waals surface area contributed by atoms with E-state index in [1.807, 2.05) is 12.1 Å². The minimum Gasteiger partial charge on any atom is -0.481 e. The maximum atomic E-state index is 11.3. The Kier molecular flexibility index (Phi) is 5.86. The van der Waals surface area contributed by atoms with Crippen molar-refractivity contribution >= 4 is 45.2 Å². The maximum Gasteiger partial charge on any atom is 0.306 e. The van der Waals surface area contributed by atoms with Crippen molar-refractivity contribution in [2.45, 2.75) is 31.6 Å². The highest BCUT2D eigenvalue weighted by atomic mass is 79.9. The van der Waals surface area contributed by atoms with Gasteiger partial charge >= 0.3 is 5.97 Å². The van der Waals surface area contributed by atoms with Gasteiger partial charge in [0, 0.05) is 42.1 Å². The molecule has 0 spiro atoms. The molecule has 1 aliphatic carbocycles. The summed E-state index contributed by atoms with van der Waals surface area (Å²) in [6.45, 7) is 3.96. The normalized spacial score (nSPS) is 19.2. The number of nitrogens with two attached hydrogens (primary N) is 1. The number of aliphatic carboxylic acids is 1. The van der Waals surface area contributed by atoms with Gasteiger partial charge in [-0.3, -0.25) is 14.8 Å². The Morgan fingerprint density at radius 1 is 1.32 bits per heavy atom. The predicted octanol–water partition coefficient (Wildman–Crippen LogP) is 4.21. The second-order valence-electron chi connectivity index (χ2n) is 7.72. The number of nitrogens with zero attached hydrogens (tertiary/aromatic N) is 5. The minimum absolute atomic E-state index is 0.150. The van der Waals surface area contributed by atoms with Crippen molar-refractivity contribution in [3.63, 3.8) is 0 Å². The number of hydrogen-bond donors (Lipinski definition) is 2. The average molecular weight is 483 g/mol. The maximum absolute atomic E-state index is 11.3. The zero-order valence-corrected chi connectivity index (χ0v) is 18.7. The summed E-state index contributed by atoms with van der Waals surface area (Å²) >= 11 is 3.59. The molecule has 0 amide bonds. The molecule has 1 fully saturated rings. The lowest BCUT2D eigenvalue weighted by Gasteiger charge is -2.26. The number of fused-ring (bicyclic) bond motifs is 1. The summed E-state index contributed by atoms with van der Waals surface area (Å²) in [6, 6.07) is 3.84. The van der Waals surface area contributed by atoms with Gasteiger partial charge in [0.2, 0.25) is 0 Å². The fraction of sp³-hybridized carbons (Fsp3) is 0.318. The predicted molar refractivity (Wildman–Crippen MR) is 124 cm³/mol. The first-order chi connectivity index (χ1) is 14.9. The van der Waals surface area contributed by atoms with Crippen LogP contribution in [-0.2, 0) is 4.79 Å². The fourth-order valence-electron chi connectivity index (χ4n) is 4.07. The van der Waals surface area contributed by atoms with Crippen LogP contribution in [0.4, 0.5) is 5.82 Å². The Balaban J connectivity index is 1.71. The first-order valence-corrected chi connectivity index (χ1v) is 10.8. The highest BCUT2D eigenvalue weighted by molar-refractivity contribution is 9.10. The molecule has 1 aliphatic rings. The highest BCUT2D eigenvalue weighted by Crippen LogP contribution is 2.40. The molecule has 31 heavy (non-hydrogen) atoms. The summed E-state index contributed by atoms with van der Waals surface area (Å²) in [7, 11) is 1.69. The third kappa shape index (κ3) is 3.97. The number of carboxylic acid groups (broad SMARTS) is 1. The SMILES string of the molecule is C=C(C=NC)c1ccc(-c2cnn3c(N)c(Br)c(C4CCC(C(=O)O)CC4)nc23)cn1. The number of carbonyl (C=O) groups is 1. The molecule has 0 aromatic carbocycles. The molecule has 9 heteroatoms. The largest absolute Gasteiger partial charge is 0.481 e. The third-order valence-corrected chi connectivity index (χ3v) is 6.61. The van der Waals surface area contributed by atoms with Crippen molar-refractivity contribution in [1.29, 1.82) is 0 Å². The van der Waals surface area contributed by atoms with Crippen LogP contribution in [0.2, 0.25) is 0 Å². The molecular weight excluding hydrogens is 460 g/mol. The van der Waals surface area contributed by atoms with Crippen molar-refractivity contribution in [2.75, 3.05) is 12.8 Å². The number of anilines is 1. The van der Waals surface area contributed by atoms with Crippen LogP contribution in [-0.4, -0.2) is 43.9 Å². The molecule has 0 atom stereocenters. The van der Waals surface area contributed by atoms with Gasteiger partial charge in [0.15, 0.2) is 5.65 Å². The summed E-state index contributed by atoms with van der Waals surface area (Å²) in [5.74, 6) is -0.373. The molecule has 1 saturated carbocycles. The first-order valence-electron chi connectivity index (χ1n) is 10.0. The van der Waals surface area contributed by atoms with E-state index >= 15 is 0 Å². The van der Waals surface area contributed by atoms with Crippen molar-refractivity contribution in [3.8, 4) is 11.1 Å². The Morgan fingerprint density at radius 3 is 2.68 bits per heavy atom. The topological polar surface area (TPSA) is 119 Å². The second kappa shape index (κ2) is 8.58. The molecule has 160 valence electrons. The van der Waals surface area contributed by atoms with Gasteiger partial charge in [-0.2, -0.15) is 9.61 Å². The van der Waals surface area contributed by atoms with Crippen molar-refractivity contribution in [2.24, 2.45) is 10.9 Å². The number of pyridine rings is 1. The Morgan fingerprint density at radius 2 is 2.06 bits per heavy atom. The van der Waals surface area contributed by atoms with Gasteiger partial charge in [0.25, 0.3) is 0 Å². The number of aliphatic imine (C=N–C) groups is 1. The minimum atomic E-state index is -0.720. The number of aromatic nitrogens is 4. The molecule has 3 aromatic rings. The van der Waals surface area contributed by atoms with Gasteiger partial charge in [-0.25, -0.2) is 4.98 Å². The van der Waals surface area contributed by atoms with Crippen molar-refractivity contribution in [3.05, 3.63) is 47.0 Å². The van der Waals surface area contributed by atoms with E-state index in [-0.39, 0.29) is 11.8 Å². The second-order valence-corrected chi connectivity index (χ2v) is 8.51. The monoisotopic (exact) mass is 482 g/mol. The molecule has 4 rings (SSSR count). The van der Waals surface area contributed by atoms with Crippen LogP contribution in [0.3, 0.4) is 0 Å². The van der Waals surface area contributed by atoms with Crippen LogP contribution in [0.15, 0.2) is 40.6 Å². The van der Waals surface area contributed by atoms with Crippen LogP contribution >= 0.6 is 15.9 Å². The lowest BCUT2D eigenvalue weighted by molar-refractivity contribution is -0.142. The van der Waals surface area contributed by atoms with Crippen LogP contribution in [0, 0.1) is 5.92 Å².